The van der Waals surface area contributed by atoms with E-state index in [1.165, 1.54) is 19.2 Å². The molecule has 9 heteroatoms. The predicted octanol–water partition coefficient (Wildman–Crippen LogP) is 3.30. The second-order valence-electron chi connectivity index (χ2n) is 6.42. The molecule has 2 aromatic carbocycles. The fourth-order valence-corrected chi connectivity index (χ4v) is 3.24. The zero-order valence-electron chi connectivity index (χ0n) is 16.4. The number of benzene rings is 2. The molecule has 2 amide bonds. The zero-order chi connectivity index (χ0) is 21.7. The number of amides is 2. The minimum Gasteiger partial charge on any atom is -0.503 e. The van der Waals surface area contributed by atoms with Gasteiger partial charge in [0.25, 0.3) is 0 Å². The molecule has 30 heavy (non-hydrogen) atoms. The maximum atomic E-state index is 12.8. The Bertz CT molecular complexity index is 977. The third kappa shape index (κ3) is 4.77. The van der Waals surface area contributed by atoms with Crippen LogP contribution in [0.3, 0.4) is 0 Å². The van der Waals surface area contributed by atoms with Crippen LogP contribution in [0.25, 0.3) is 0 Å². The van der Waals surface area contributed by atoms with E-state index in [2.05, 4.69) is 10.6 Å². The van der Waals surface area contributed by atoms with Crippen LogP contribution < -0.4 is 20.1 Å². The Morgan fingerprint density at radius 3 is 2.63 bits per heavy atom. The number of esters is 1. The third-order valence-electron chi connectivity index (χ3n) is 4.42. The number of urea groups is 1. The Labute approximate surface area is 178 Å². The molecule has 158 valence electrons. The van der Waals surface area contributed by atoms with Crippen molar-refractivity contribution in [2.45, 2.75) is 13.0 Å². The van der Waals surface area contributed by atoms with Crippen molar-refractivity contribution in [1.29, 1.82) is 0 Å². The monoisotopic (exact) mass is 432 g/mol. The first kappa shape index (κ1) is 21.3. The van der Waals surface area contributed by atoms with E-state index in [9.17, 15) is 14.7 Å². The van der Waals surface area contributed by atoms with Gasteiger partial charge in [0.05, 0.1) is 23.7 Å². The molecule has 1 heterocycles. The van der Waals surface area contributed by atoms with E-state index in [0.29, 0.717) is 17.0 Å². The maximum Gasteiger partial charge on any atom is 0.338 e. The number of methoxy groups -OCH3 is 1. The topological polar surface area (TPSA) is 106 Å². The minimum atomic E-state index is -0.840. The molecule has 0 aliphatic carbocycles. The molecule has 2 aromatic rings. The summed E-state index contributed by atoms with van der Waals surface area (Å²) in [5.41, 5.74) is 1.01. The number of phenols is 1. The number of hydrogen-bond donors (Lipinski definition) is 3. The lowest BCUT2D eigenvalue weighted by Gasteiger charge is -2.28. The number of nitrogens with one attached hydrogen (secondary N) is 2. The number of rotatable bonds is 7. The number of carbonyl (C=O) groups excluding carboxylic acids is 2. The van der Waals surface area contributed by atoms with Gasteiger partial charge < -0.3 is 30.0 Å². The Balaban J connectivity index is 1.76. The van der Waals surface area contributed by atoms with Crippen molar-refractivity contribution in [2.24, 2.45) is 0 Å². The number of hydrogen-bond acceptors (Lipinski definition) is 6. The lowest BCUT2D eigenvalue weighted by molar-refractivity contribution is -0.140. The van der Waals surface area contributed by atoms with Crippen LogP contribution in [-0.4, -0.2) is 37.4 Å². The van der Waals surface area contributed by atoms with Gasteiger partial charge in [-0.3, -0.25) is 0 Å². The number of phenolic OH excluding ortho intramolecular Hbond substituents is 1. The van der Waals surface area contributed by atoms with Crippen molar-refractivity contribution in [3.8, 4) is 17.2 Å². The van der Waals surface area contributed by atoms with Gasteiger partial charge in [0.15, 0.2) is 11.5 Å². The zero-order valence-corrected chi connectivity index (χ0v) is 17.2. The van der Waals surface area contributed by atoms with Gasteiger partial charge in [0, 0.05) is 5.70 Å². The van der Waals surface area contributed by atoms with Crippen LogP contribution in [-0.2, 0) is 9.53 Å². The lowest BCUT2D eigenvalue weighted by atomic mass is 9.95. The van der Waals surface area contributed by atoms with Crippen molar-refractivity contribution >= 4 is 23.6 Å². The SMILES string of the molecule is COc1cc(C2NC(=O)NC(C)=C2C(=O)OCCOc2ccccc2)cc(Cl)c1O. The van der Waals surface area contributed by atoms with Crippen LogP contribution in [0.15, 0.2) is 53.7 Å². The first-order valence-corrected chi connectivity index (χ1v) is 9.48. The maximum absolute atomic E-state index is 12.8. The molecule has 8 nitrogen and oxygen atoms in total. The summed E-state index contributed by atoms with van der Waals surface area (Å²) in [6.45, 7) is 1.79. The first-order chi connectivity index (χ1) is 14.4. The molecule has 0 radical (unpaired) electrons. The summed E-state index contributed by atoms with van der Waals surface area (Å²) in [6, 6.07) is 10.8. The van der Waals surface area contributed by atoms with Crippen LogP contribution in [0.4, 0.5) is 4.79 Å². The van der Waals surface area contributed by atoms with Gasteiger partial charge in [-0.2, -0.15) is 0 Å². The number of para-hydroxylation sites is 1. The summed E-state index contributed by atoms with van der Waals surface area (Å²) >= 11 is 6.07. The number of aromatic hydroxyl groups is 1. The van der Waals surface area contributed by atoms with Gasteiger partial charge in [-0.25, -0.2) is 9.59 Å². The molecular formula is C21H21ClN2O6. The summed E-state index contributed by atoms with van der Waals surface area (Å²) in [7, 11) is 1.37. The summed E-state index contributed by atoms with van der Waals surface area (Å²) in [5.74, 6) is -0.0675. The number of ether oxygens (including phenoxy) is 3. The van der Waals surface area contributed by atoms with Gasteiger partial charge in [-0.05, 0) is 36.8 Å². The highest BCUT2D eigenvalue weighted by atomic mass is 35.5. The van der Waals surface area contributed by atoms with Gasteiger partial charge in [-0.1, -0.05) is 29.8 Å². The van der Waals surface area contributed by atoms with Gasteiger partial charge in [-0.15, -0.1) is 0 Å². The van der Waals surface area contributed by atoms with Crippen molar-refractivity contribution in [3.05, 3.63) is 64.3 Å². The molecule has 1 aliphatic heterocycles. The van der Waals surface area contributed by atoms with Gasteiger partial charge in [0.2, 0.25) is 0 Å². The Morgan fingerprint density at radius 1 is 1.20 bits per heavy atom. The molecule has 1 aliphatic rings. The standard InChI is InChI=1S/C21H21ClN2O6/c1-12-17(20(26)30-9-8-29-14-6-4-3-5-7-14)18(24-21(27)23-12)13-10-15(22)19(25)16(11-13)28-2/h3-7,10-11,18,25H,8-9H2,1-2H3,(H2,23,24,27). The summed E-state index contributed by atoms with van der Waals surface area (Å²) < 4.78 is 16.0. The molecule has 0 saturated carbocycles. The minimum absolute atomic E-state index is 0.0187. The quantitative estimate of drug-likeness (QED) is 0.458. The molecule has 0 bridgehead atoms. The lowest BCUT2D eigenvalue weighted by Crippen LogP contribution is -2.45. The fourth-order valence-electron chi connectivity index (χ4n) is 3.02. The van der Waals surface area contributed by atoms with Crippen LogP contribution in [0.5, 0.6) is 17.2 Å². The summed E-state index contributed by atoms with van der Waals surface area (Å²) in [6.07, 6.45) is 0. The number of allylic oxidation sites excluding steroid dienone is 1. The van der Waals surface area contributed by atoms with E-state index in [4.69, 9.17) is 25.8 Å². The highest BCUT2D eigenvalue weighted by Crippen LogP contribution is 2.39. The summed E-state index contributed by atoms with van der Waals surface area (Å²) in [5, 5.41) is 15.2. The van der Waals surface area contributed by atoms with Crippen molar-refractivity contribution < 1.29 is 28.9 Å². The second-order valence-corrected chi connectivity index (χ2v) is 6.83. The van der Waals surface area contributed by atoms with E-state index >= 15 is 0 Å². The van der Waals surface area contributed by atoms with Crippen molar-refractivity contribution in [1.82, 2.24) is 10.6 Å². The Kier molecular flexibility index (Phi) is 6.68. The predicted molar refractivity (Wildman–Crippen MR) is 110 cm³/mol. The highest BCUT2D eigenvalue weighted by molar-refractivity contribution is 6.32. The molecule has 0 fully saturated rings. The largest absolute Gasteiger partial charge is 0.503 e. The normalized spacial score (nSPS) is 15.8. The van der Waals surface area contributed by atoms with E-state index in [1.54, 1.807) is 19.1 Å². The van der Waals surface area contributed by atoms with Gasteiger partial charge in [0.1, 0.15) is 19.0 Å². The molecule has 0 aromatic heterocycles. The first-order valence-electron chi connectivity index (χ1n) is 9.10. The molecular weight excluding hydrogens is 412 g/mol. The Hall–Kier alpha value is -3.39. The van der Waals surface area contributed by atoms with E-state index in [-0.39, 0.29) is 35.3 Å². The van der Waals surface area contributed by atoms with Crippen LogP contribution in [0.2, 0.25) is 5.02 Å². The van der Waals surface area contributed by atoms with Crippen LogP contribution >= 0.6 is 11.6 Å². The van der Waals surface area contributed by atoms with E-state index in [0.717, 1.165) is 0 Å². The molecule has 0 saturated heterocycles. The van der Waals surface area contributed by atoms with Crippen molar-refractivity contribution in [3.63, 3.8) is 0 Å². The van der Waals surface area contributed by atoms with Gasteiger partial charge >= 0.3 is 12.0 Å². The molecule has 1 unspecified atom stereocenters. The molecule has 3 N–H and O–H groups in total. The highest BCUT2D eigenvalue weighted by Gasteiger charge is 2.33. The Morgan fingerprint density at radius 2 is 1.93 bits per heavy atom. The molecule has 0 spiro atoms. The average molecular weight is 433 g/mol. The third-order valence-corrected chi connectivity index (χ3v) is 4.71. The van der Waals surface area contributed by atoms with E-state index < -0.39 is 18.0 Å². The average Bonchev–Trinajstić information content (AvgIpc) is 2.73. The number of carbonyl (C=O) groups is 2. The smallest absolute Gasteiger partial charge is 0.338 e. The summed E-state index contributed by atoms with van der Waals surface area (Å²) in [4.78, 5) is 24.8. The van der Waals surface area contributed by atoms with E-state index in [1.807, 2.05) is 18.2 Å². The molecule has 3 rings (SSSR count). The molecule has 1 atom stereocenters. The van der Waals surface area contributed by atoms with Crippen LogP contribution in [0.1, 0.15) is 18.5 Å². The second kappa shape index (κ2) is 9.41. The number of halogens is 1. The fraction of sp³-hybridized carbons (Fsp3) is 0.238. The van der Waals surface area contributed by atoms with Crippen molar-refractivity contribution in [2.75, 3.05) is 20.3 Å². The van der Waals surface area contributed by atoms with Crippen LogP contribution in [0, 0.1) is 0 Å².